The number of hydrogen-bond acceptors (Lipinski definition) is 5. The Hall–Kier alpha value is -2.68. The van der Waals surface area contributed by atoms with E-state index in [1.165, 1.54) is 16.1 Å². The average molecular weight is 454 g/mol. The van der Waals surface area contributed by atoms with Crippen LogP contribution in [-0.4, -0.2) is 54.7 Å². The highest BCUT2D eigenvalue weighted by Crippen LogP contribution is 2.29. The summed E-state index contributed by atoms with van der Waals surface area (Å²) in [7, 11) is -3.42. The highest BCUT2D eigenvalue weighted by Gasteiger charge is 2.30. The van der Waals surface area contributed by atoms with E-state index in [0.717, 1.165) is 10.5 Å². The van der Waals surface area contributed by atoms with E-state index in [9.17, 15) is 13.2 Å². The van der Waals surface area contributed by atoms with Gasteiger partial charge in [-0.2, -0.15) is 4.31 Å². The van der Waals surface area contributed by atoms with Crippen LogP contribution < -0.4 is 0 Å². The third-order valence-corrected chi connectivity index (χ3v) is 7.95. The minimum atomic E-state index is -3.42. The van der Waals surface area contributed by atoms with Crippen molar-refractivity contribution < 1.29 is 13.2 Å². The zero-order chi connectivity index (χ0) is 21.7. The monoisotopic (exact) mass is 453 g/mol. The molecule has 1 amide bonds. The van der Waals surface area contributed by atoms with Crippen molar-refractivity contribution in [1.29, 1.82) is 0 Å². The molecule has 2 aromatic carbocycles. The summed E-state index contributed by atoms with van der Waals surface area (Å²) in [6.07, 6.45) is 1.68. The molecule has 1 saturated heterocycles. The topological polar surface area (TPSA) is 70.6 Å². The van der Waals surface area contributed by atoms with Crippen LogP contribution >= 0.6 is 11.8 Å². The predicted molar refractivity (Wildman–Crippen MR) is 121 cm³/mol. The zero-order valence-corrected chi connectivity index (χ0v) is 18.6. The maximum atomic E-state index is 13.2. The summed E-state index contributed by atoms with van der Waals surface area (Å²) in [6.45, 7) is 1.30. The average Bonchev–Trinajstić information content (AvgIpc) is 2.80. The lowest BCUT2D eigenvalue weighted by molar-refractivity contribution is 0.0693. The van der Waals surface area contributed by atoms with Crippen LogP contribution in [-0.2, 0) is 15.8 Å². The highest BCUT2D eigenvalue weighted by atomic mass is 32.2. The summed E-state index contributed by atoms with van der Waals surface area (Å²) in [5.41, 5.74) is 1.30. The van der Waals surface area contributed by atoms with Crippen molar-refractivity contribution >= 4 is 27.7 Å². The molecule has 1 aromatic heterocycles. The van der Waals surface area contributed by atoms with Gasteiger partial charge in [0, 0.05) is 37.3 Å². The van der Waals surface area contributed by atoms with Gasteiger partial charge < -0.3 is 4.90 Å². The van der Waals surface area contributed by atoms with Gasteiger partial charge in [-0.1, -0.05) is 60.3 Å². The van der Waals surface area contributed by atoms with E-state index < -0.39 is 10.0 Å². The van der Waals surface area contributed by atoms with Crippen molar-refractivity contribution in [3.8, 4) is 0 Å². The van der Waals surface area contributed by atoms with Crippen molar-refractivity contribution in [3.63, 3.8) is 0 Å². The third kappa shape index (κ3) is 5.33. The maximum Gasteiger partial charge on any atom is 0.256 e. The molecule has 31 heavy (non-hydrogen) atoms. The van der Waals surface area contributed by atoms with Gasteiger partial charge in [0.25, 0.3) is 5.91 Å². The van der Waals surface area contributed by atoms with E-state index in [1.807, 2.05) is 60.7 Å². The summed E-state index contributed by atoms with van der Waals surface area (Å²) in [6, 6.07) is 22.5. The molecule has 0 N–H and O–H groups in total. The molecule has 4 rings (SSSR count). The van der Waals surface area contributed by atoms with Gasteiger partial charge in [-0.05, 0) is 29.8 Å². The van der Waals surface area contributed by atoms with Gasteiger partial charge in [0.1, 0.15) is 5.03 Å². The first-order valence-electron chi connectivity index (χ1n) is 10.0. The largest absolute Gasteiger partial charge is 0.336 e. The quantitative estimate of drug-likeness (QED) is 0.571. The molecule has 0 atom stereocenters. The number of aromatic nitrogens is 1. The Bertz CT molecular complexity index is 1130. The second-order valence-electron chi connectivity index (χ2n) is 7.20. The fourth-order valence-electron chi connectivity index (χ4n) is 3.45. The standard InChI is InChI=1S/C23H23N3O3S2/c27-23(21-12-7-13-24-22(21)30-20-10-5-2-6-11-20)25-14-16-26(17-15-25)31(28,29)18-19-8-3-1-4-9-19/h1-13H,14-18H2. The lowest BCUT2D eigenvalue weighted by atomic mass is 10.2. The summed E-state index contributed by atoms with van der Waals surface area (Å²) < 4.78 is 27.0. The van der Waals surface area contributed by atoms with Crippen LogP contribution in [0.5, 0.6) is 0 Å². The lowest BCUT2D eigenvalue weighted by Crippen LogP contribution is -2.50. The van der Waals surface area contributed by atoms with Gasteiger partial charge in [-0.15, -0.1) is 0 Å². The molecule has 0 aliphatic carbocycles. The molecule has 8 heteroatoms. The van der Waals surface area contributed by atoms with E-state index in [2.05, 4.69) is 4.98 Å². The lowest BCUT2D eigenvalue weighted by Gasteiger charge is -2.34. The molecule has 1 fully saturated rings. The summed E-state index contributed by atoms with van der Waals surface area (Å²) in [4.78, 5) is 20.3. The maximum absolute atomic E-state index is 13.2. The van der Waals surface area contributed by atoms with E-state index in [4.69, 9.17) is 0 Å². The molecule has 160 valence electrons. The Morgan fingerprint density at radius 3 is 2.19 bits per heavy atom. The number of nitrogens with zero attached hydrogens (tertiary/aromatic N) is 3. The molecule has 0 unspecified atom stereocenters. The normalized spacial score (nSPS) is 15.0. The van der Waals surface area contributed by atoms with Gasteiger partial charge in [0.15, 0.2) is 0 Å². The number of hydrogen-bond donors (Lipinski definition) is 0. The molecule has 6 nitrogen and oxygen atoms in total. The molecular weight excluding hydrogens is 430 g/mol. The molecular formula is C23H23N3O3S2. The molecule has 3 aromatic rings. The third-order valence-electron chi connectivity index (χ3n) is 5.07. The van der Waals surface area contributed by atoms with Crippen LogP contribution in [0.3, 0.4) is 0 Å². The zero-order valence-electron chi connectivity index (χ0n) is 16.9. The number of sulfonamides is 1. The molecule has 0 bridgehead atoms. The van der Waals surface area contributed by atoms with Crippen LogP contribution in [0.15, 0.2) is 88.9 Å². The number of rotatable bonds is 6. The Kier molecular flexibility index (Phi) is 6.70. The highest BCUT2D eigenvalue weighted by molar-refractivity contribution is 7.99. The first-order valence-corrected chi connectivity index (χ1v) is 12.4. The van der Waals surface area contributed by atoms with E-state index >= 15 is 0 Å². The van der Waals surface area contributed by atoms with Gasteiger partial charge in [0.2, 0.25) is 10.0 Å². The van der Waals surface area contributed by atoms with Gasteiger partial charge in [0.05, 0.1) is 11.3 Å². The molecule has 0 radical (unpaired) electrons. The van der Waals surface area contributed by atoms with Crippen LogP contribution in [0.4, 0.5) is 0 Å². The second-order valence-corrected chi connectivity index (χ2v) is 10.2. The summed E-state index contributed by atoms with van der Waals surface area (Å²) in [5, 5.41) is 0.651. The molecule has 0 spiro atoms. The van der Waals surface area contributed by atoms with Crippen LogP contribution in [0.1, 0.15) is 15.9 Å². The number of benzene rings is 2. The predicted octanol–water partition coefficient (Wildman–Crippen LogP) is 3.52. The second kappa shape index (κ2) is 9.64. The molecule has 2 heterocycles. The Labute approximate surface area is 187 Å². The SMILES string of the molecule is O=C(c1cccnc1Sc1ccccc1)N1CCN(S(=O)(=O)Cc2ccccc2)CC1. The van der Waals surface area contributed by atoms with Crippen LogP contribution in [0.25, 0.3) is 0 Å². The molecule has 1 aliphatic heterocycles. The molecule has 1 aliphatic rings. The van der Waals surface area contributed by atoms with Gasteiger partial charge >= 0.3 is 0 Å². The minimum Gasteiger partial charge on any atom is -0.336 e. The number of carbonyl (C=O) groups excluding carboxylic acids is 1. The van der Waals surface area contributed by atoms with Gasteiger partial charge in [-0.3, -0.25) is 4.79 Å². The smallest absolute Gasteiger partial charge is 0.256 e. The Morgan fingerprint density at radius 2 is 1.52 bits per heavy atom. The molecule has 0 saturated carbocycles. The first-order chi connectivity index (χ1) is 15.0. The van der Waals surface area contributed by atoms with E-state index in [1.54, 1.807) is 23.2 Å². The van der Waals surface area contributed by atoms with E-state index in [0.29, 0.717) is 36.8 Å². The van der Waals surface area contributed by atoms with Crippen molar-refractivity contribution in [1.82, 2.24) is 14.2 Å². The Morgan fingerprint density at radius 1 is 0.871 bits per heavy atom. The van der Waals surface area contributed by atoms with Crippen molar-refractivity contribution in [2.24, 2.45) is 0 Å². The fourth-order valence-corrected chi connectivity index (χ4v) is 5.86. The minimum absolute atomic E-state index is 0.0255. The number of piperazine rings is 1. The summed E-state index contributed by atoms with van der Waals surface area (Å²) in [5.74, 6) is -0.144. The van der Waals surface area contributed by atoms with Gasteiger partial charge in [-0.25, -0.2) is 13.4 Å². The van der Waals surface area contributed by atoms with E-state index in [-0.39, 0.29) is 11.7 Å². The Balaban J connectivity index is 1.42. The van der Waals surface area contributed by atoms with Crippen LogP contribution in [0, 0.1) is 0 Å². The van der Waals surface area contributed by atoms with Crippen LogP contribution in [0.2, 0.25) is 0 Å². The van der Waals surface area contributed by atoms with Crippen molar-refractivity contribution in [2.75, 3.05) is 26.2 Å². The fraction of sp³-hybridized carbons (Fsp3) is 0.217. The van der Waals surface area contributed by atoms with Crippen molar-refractivity contribution in [3.05, 3.63) is 90.1 Å². The first kappa shape index (κ1) is 21.5. The number of pyridine rings is 1. The summed E-state index contributed by atoms with van der Waals surface area (Å²) >= 11 is 1.45. The van der Waals surface area contributed by atoms with Crippen molar-refractivity contribution in [2.45, 2.75) is 15.7 Å². The number of amides is 1. The number of carbonyl (C=O) groups is 1.